The average molecular weight is 408 g/mol. The van der Waals surface area contributed by atoms with Crippen LogP contribution in [0.5, 0.6) is 0 Å². The van der Waals surface area contributed by atoms with Crippen LogP contribution in [0.2, 0.25) is 0 Å². The molecule has 0 aromatic heterocycles. The molecule has 10 heteroatoms. The van der Waals surface area contributed by atoms with E-state index in [0.717, 1.165) is 0 Å². The Balaban J connectivity index is 1.74. The number of carbonyl (C=O) groups excluding carboxylic acids is 3. The maximum Gasteiger partial charge on any atom is 0.524 e. The Morgan fingerprint density at radius 3 is 1.89 bits per heavy atom. The van der Waals surface area contributed by atoms with Crippen molar-refractivity contribution in [2.24, 2.45) is 0 Å². The number of carbonyl (C=O) groups is 3. The van der Waals surface area contributed by atoms with Gasteiger partial charge < -0.3 is 18.1 Å². The molecular weight excluding hydrogens is 384 g/mol. The third-order valence-electron chi connectivity index (χ3n) is 4.63. The Morgan fingerprint density at radius 1 is 1.00 bits per heavy atom. The van der Waals surface area contributed by atoms with Crippen molar-refractivity contribution in [3.05, 3.63) is 35.4 Å². The second kappa shape index (κ2) is 8.39. The van der Waals surface area contributed by atoms with E-state index in [1.807, 2.05) is 20.8 Å². The quantitative estimate of drug-likeness (QED) is 0.480. The summed E-state index contributed by atoms with van der Waals surface area (Å²) < 4.78 is 17.6. The molecule has 3 rings (SSSR count). The molecule has 0 saturated carbocycles. The van der Waals surface area contributed by atoms with Gasteiger partial charge in [0.15, 0.2) is 0 Å². The van der Waals surface area contributed by atoms with Crippen LogP contribution in [0, 0.1) is 0 Å². The zero-order valence-corrected chi connectivity index (χ0v) is 17.2. The zero-order valence-electron chi connectivity index (χ0n) is 16.2. The molecular formula is C18H24N2O7Si. The number of hydroxylamine groups is 2. The third-order valence-corrected chi connectivity index (χ3v) is 8.11. The summed E-state index contributed by atoms with van der Waals surface area (Å²) in [5, 5.41) is 0.508. The molecule has 1 atom stereocenters. The molecule has 1 unspecified atom stereocenters. The smallest absolute Gasteiger partial charge is 0.373 e. The van der Waals surface area contributed by atoms with E-state index < -0.39 is 32.4 Å². The third kappa shape index (κ3) is 3.44. The van der Waals surface area contributed by atoms with Crippen molar-refractivity contribution in [3.8, 4) is 0 Å². The van der Waals surface area contributed by atoms with Crippen LogP contribution >= 0.6 is 0 Å². The lowest BCUT2D eigenvalue weighted by Gasteiger charge is -2.46. The molecule has 1 fully saturated rings. The minimum absolute atomic E-state index is 0.210. The van der Waals surface area contributed by atoms with E-state index in [4.69, 9.17) is 18.1 Å². The minimum atomic E-state index is -3.15. The maximum absolute atomic E-state index is 12.7. The van der Waals surface area contributed by atoms with Crippen molar-refractivity contribution < 1.29 is 32.5 Å². The van der Waals surface area contributed by atoms with Gasteiger partial charge in [-0.3, -0.25) is 14.5 Å². The predicted octanol–water partition coefficient (Wildman–Crippen LogP) is 2.00. The Bertz CT molecular complexity index is 720. The Hall–Kier alpha value is -2.27. The summed E-state index contributed by atoms with van der Waals surface area (Å²) in [6.07, 6.45) is -0.176. The fourth-order valence-corrected chi connectivity index (χ4v) is 6.50. The van der Waals surface area contributed by atoms with Gasteiger partial charge in [-0.25, -0.2) is 4.79 Å². The van der Waals surface area contributed by atoms with Crippen molar-refractivity contribution in [3.63, 3.8) is 0 Å². The Kier molecular flexibility index (Phi) is 6.13. The molecule has 1 aromatic rings. The van der Waals surface area contributed by atoms with Gasteiger partial charge in [0.05, 0.1) is 11.1 Å². The molecule has 0 N–H and O–H groups in total. The number of nitrogens with zero attached hydrogens (tertiary/aromatic N) is 2. The van der Waals surface area contributed by atoms with Crippen LogP contribution in [0.1, 0.15) is 47.9 Å². The SMILES string of the molecule is CCO[Si](OCC)(OCC)C1CCN1C(=O)ON1C(=O)c2ccccc2C1=O. The summed E-state index contributed by atoms with van der Waals surface area (Å²) >= 11 is 0. The summed E-state index contributed by atoms with van der Waals surface area (Å²) in [5.74, 6) is -1.32. The van der Waals surface area contributed by atoms with E-state index in [-0.39, 0.29) is 11.1 Å². The molecule has 0 spiro atoms. The standard InChI is InChI=1S/C18H24N2O7Si/c1-4-24-28(25-5-2,26-6-3)15-11-12-19(15)18(23)27-20-16(21)13-9-7-8-10-14(13)17(20)22/h7-10,15H,4-6,11-12H2,1-3H3. The van der Waals surface area contributed by atoms with Gasteiger partial charge >= 0.3 is 14.9 Å². The van der Waals surface area contributed by atoms with Crippen molar-refractivity contribution >= 4 is 26.7 Å². The first-order valence-electron chi connectivity index (χ1n) is 9.37. The number of hydrogen-bond donors (Lipinski definition) is 0. The van der Waals surface area contributed by atoms with Crippen LogP contribution in [-0.4, -0.2) is 68.7 Å². The normalized spacial score (nSPS) is 18.9. The number of benzene rings is 1. The van der Waals surface area contributed by atoms with E-state index in [1.54, 1.807) is 12.1 Å². The molecule has 152 valence electrons. The molecule has 1 saturated heterocycles. The van der Waals surface area contributed by atoms with Gasteiger partial charge in [-0.1, -0.05) is 17.2 Å². The van der Waals surface area contributed by atoms with E-state index in [9.17, 15) is 14.4 Å². The first-order valence-corrected chi connectivity index (χ1v) is 11.2. The molecule has 1 aromatic carbocycles. The topological polar surface area (TPSA) is 94.6 Å². The number of imide groups is 1. The minimum Gasteiger partial charge on any atom is -0.373 e. The molecule has 0 radical (unpaired) electrons. The fourth-order valence-electron chi connectivity index (χ4n) is 3.37. The molecule has 2 aliphatic rings. The lowest BCUT2D eigenvalue weighted by molar-refractivity contribution is -0.0721. The van der Waals surface area contributed by atoms with Crippen molar-refractivity contribution in [1.82, 2.24) is 9.96 Å². The van der Waals surface area contributed by atoms with E-state index in [0.29, 0.717) is 37.8 Å². The zero-order chi connectivity index (χ0) is 20.3. The monoisotopic (exact) mass is 408 g/mol. The van der Waals surface area contributed by atoms with Gasteiger partial charge in [0.2, 0.25) is 0 Å². The summed E-state index contributed by atoms with van der Waals surface area (Å²) in [4.78, 5) is 44.1. The van der Waals surface area contributed by atoms with E-state index in [1.165, 1.54) is 17.0 Å². The highest BCUT2D eigenvalue weighted by Gasteiger charge is 2.58. The average Bonchev–Trinajstić information content (AvgIpc) is 2.87. The molecule has 2 heterocycles. The van der Waals surface area contributed by atoms with Gasteiger partial charge in [-0.2, -0.15) is 0 Å². The van der Waals surface area contributed by atoms with Gasteiger partial charge in [0, 0.05) is 26.4 Å². The van der Waals surface area contributed by atoms with Gasteiger partial charge in [0.1, 0.15) is 5.67 Å². The van der Waals surface area contributed by atoms with Crippen molar-refractivity contribution in [1.29, 1.82) is 0 Å². The fraction of sp³-hybridized carbons (Fsp3) is 0.500. The highest BCUT2D eigenvalue weighted by atomic mass is 28.4. The van der Waals surface area contributed by atoms with Crippen LogP contribution in [0.4, 0.5) is 4.79 Å². The van der Waals surface area contributed by atoms with Gasteiger partial charge in [0.25, 0.3) is 11.8 Å². The lowest BCUT2D eigenvalue weighted by Crippen LogP contribution is -2.70. The van der Waals surface area contributed by atoms with Crippen molar-refractivity contribution in [2.75, 3.05) is 26.4 Å². The van der Waals surface area contributed by atoms with Crippen LogP contribution in [0.3, 0.4) is 0 Å². The van der Waals surface area contributed by atoms with Crippen LogP contribution < -0.4 is 0 Å². The summed E-state index contributed by atoms with van der Waals surface area (Å²) in [6, 6.07) is 6.33. The second-order valence-corrected chi connectivity index (χ2v) is 8.95. The number of hydrogen-bond acceptors (Lipinski definition) is 7. The van der Waals surface area contributed by atoms with Gasteiger partial charge in [-0.15, -0.1) is 0 Å². The van der Waals surface area contributed by atoms with Crippen LogP contribution in [-0.2, 0) is 18.1 Å². The number of amides is 3. The highest BCUT2D eigenvalue weighted by Crippen LogP contribution is 2.31. The van der Waals surface area contributed by atoms with Crippen molar-refractivity contribution in [2.45, 2.75) is 32.9 Å². The van der Waals surface area contributed by atoms with E-state index in [2.05, 4.69) is 0 Å². The number of likely N-dealkylation sites (tertiary alicyclic amines) is 1. The first kappa shape index (κ1) is 20.5. The second-order valence-electron chi connectivity index (χ2n) is 6.21. The van der Waals surface area contributed by atoms with E-state index >= 15 is 0 Å². The largest absolute Gasteiger partial charge is 0.524 e. The molecule has 0 aliphatic carbocycles. The number of rotatable bonds is 8. The lowest BCUT2D eigenvalue weighted by atomic mass is 10.1. The summed E-state index contributed by atoms with van der Waals surface area (Å²) in [6.45, 7) is 7.03. The summed E-state index contributed by atoms with van der Waals surface area (Å²) in [7, 11) is -3.15. The predicted molar refractivity (Wildman–Crippen MR) is 99.2 cm³/mol. The summed E-state index contributed by atoms with van der Waals surface area (Å²) in [5.41, 5.74) is -0.000655. The van der Waals surface area contributed by atoms with Crippen LogP contribution in [0.25, 0.3) is 0 Å². The molecule has 9 nitrogen and oxygen atoms in total. The Morgan fingerprint density at radius 2 is 1.50 bits per heavy atom. The van der Waals surface area contributed by atoms with Crippen LogP contribution in [0.15, 0.2) is 24.3 Å². The maximum atomic E-state index is 12.7. The molecule has 28 heavy (non-hydrogen) atoms. The number of fused-ring (bicyclic) bond motifs is 1. The highest BCUT2D eigenvalue weighted by molar-refractivity contribution is 6.63. The molecule has 3 amide bonds. The van der Waals surface area contributed by atoms with Gasteiger partial charge in [-0.05, 0) is 39.3 Å². The molecule has 0 bridgehead atoms. The first-order chi connectivity index (χ1) is 13.5. The Labute approximate surface area is 164 Å². The molecule has 2 aliphatic heterocycles.